The van der Waals surface area contributed by atoms with E-state index in [0.717, 1.165) is 24.4 Å². The molecule has 0 aromatic carbocycles. The Morgan fingerprint density at radius 2 is 2.00 bits per heavy atom. The van der Waals surface area contributed by atoms with Crippen molar-refractivity contribution in [2.45, 2.75) is 6.92 Å². The summed E-state index contributed by atoms with van der Waals surface area (Å²) in [6.45, 7) is 7.13. The van der Waals surface area contributed by atoms with Gasteiger partial charge in [-0.2, -0.15) is 0 Å². The van der Waals surface area contributed by atoms with Gasteiger partial charge in [-0.25, -0.2) is 0 Å². The van der Waals surface area contributed by atoms with Crippen LogP contribution in [0.4, 0.5) is 0 Å². The summed E-state index contributed by atoms with van der Waals surface area (Å²) in [4.78, 5) is 2.54. The van der Waals surface area contributed by atoms with E-state index in [1.807, 2.05) is 7.11 Å². The van der Waals surface area contributed by atoms with Crippen molar-refractivity contribution in [3.05, 3.63) is 0 Å². The second kappa shape index (κ2) is 2.76. The fraction of sp³-hybridized carbons (Fsp3) is 1.00. The van der Waals surface area contributed by atoms with Gasteiger partial charge in [0.1, 0.15) is 0 Å². The molecule has 1 saturated heterocycles. The average Bonchev–Trinajstić information content (AvgIpc) is 2.48. The van der Waals surface area contributed by atoms with Crippen LogP contribution in [-0.4, -0.2) is 38.3 Å². The van der Waals surface area contributed by atoms with Gasteiger partial charge in [0.25, 0.3) is 0 Å². The summed E-state index contributed by atoms with van der Waals surface area (Å²) in [6, 6.07) is 0. The van der Waals surface area contributed by atoms with Crippen molar-refractivity contribution in [2.24, 2.45) is 17.8 Å². The van der Waals surface area contributed by atoms with E-state index in [0.29, 0.717) is 0 Å². The quantitative estimate of drug-likeness (QED) is 0.598. The minimum absolute atomic E-state index is 0.905. The van der Waals surface area contributed by atoms with Gasteiger partial charge in [0.05, 0.1) is 0 Å². The molecule has 2 nitrogen and oxygen atoms in total. The second-order valence-electron chi connectivity index (χ2n) is 3.80. The Morgan fingerprint density at radius 3 is 2.45 bits per heavy atom. The Kier molecular flexibility index (Phi) is 1.90. The van der Waals surface area contributed by atoms with Gasteiger partial charge in [-0.15, -0.1) is 0 Å². The molecule has 0 aromatic rings. The topological polar surface area (TPSA) is 12.5 Å². The normalized spacial score (nSPS) is 42.5. The monoisotopic (exact) mass is 155 g/mol. The third kappa shape index (κ3) is 1.18. The predicted octanol–water partition coefficient (Wildman–Crippen LogP) is 0.831. The zero-order valence-corrected chi connectivity index (χ0v) is 7.42. The number of rotatable bonds is 3. The van der Waals surface area contributed by atoms with Crippen LogP contribution >= 0.6 is 0 Å². The SMILES string of the molecule is CCN1C[C@@H]2C(COC)[C@@H]2C1. The molecule has 0 spiro atoms. The Hall–Kier alpha value is -0.0800. The fourth-order valence-electron chi connectivity index (χ4n) is 2.43. The van der Waals surface area contributed by atoms with Gasteiger partial charge in [0.2, 0.25) is 0 Å². The van der Waals surface area contributed by atoms with E-state index in [1.54, 1.807) is 0 Å². The van der Waals surface area contributed by atoms with Crippen LogP contribution in [0, 0.1) is 17.8 Å². The number of ether oxygens (including phenoxy) is 1. The van der Waals surface area contributed by atoms with Crippen LogP contribution < -0.4 is 0 Å². The van der Waals surface area contributed by atoms with Gasteiger partial charge in [0.15, 0.2) is 0 Å². The van der Waals surface area contributed by atoms with E-state index in [4.69, 9.17) is 4.74 Å². The molecule has 0 N–H and O–H groups in total. The van der Waals surface area contributed by atoms with Crippen LogP contribution in [0.5, 0.6) is 0 Å². The Morgan fingerprint density at radius 1 is 1.36 bits per heavy atom. The Labute approximate surface area is 68.5 Å². The van der Waals surface area contributed by atoms with Crippen molar-refractivity contribution in [2.75, 3.05) is 33.4 Å². The van der Waals surface area contributed by atoms with Gasteiger partial charge in [-0.05, 0) is 24.3 Å². The van der Waals surface area contributed by atoms with Crippen LogP contribution in [0.25, 0.3) is 0 Å². The standard InChI is InChI=1S/C9H17NO/c1-3-10-4-7-8(5-10)9(7)6-11-2/h7-9H,3-6H2,1-2H3/t7-,8+,9?. The van der Waals surface area contributed by atoms with Crippen molar-refractivity contribution < 1.29 is 4.74 Å². The molecule has 1 aliphatic heterocycles. The van der Waals surface area contributed by atoms with Crippen molar-refractivity contribution in [3.8, 4) is 0 Å². The van der Waals surface area contributed by atoms with Crippen LogP contribution in [-0.2, 0) is 4.74 Å². The first-order valence-electron chi connectivity index (χ1n) is 4.58. The molecule has 64 valence electrons. The number of likely N-dealkylation sites (tertiary alicyclic amines) is 1. The molecule has 2 rings (SSSR count). The third-order valence-corrected chi connectivity index (χ3v) is 3.25. The summed E-state index contributed by atoms with van der Waals surface area (Å²) in [5.41, 5.74) is 0. The van der Waals surface area contributed by atoms with Crippen LogP contribution in [0.1, 0.15) is 6.92 Å². The summed E-state index contributed by atoms with van der Waals surface area (Å²) in [5, 5.41) is 0. The predicted molar refractivity (Wildman–Crippen MR) is 44.5 cm³/mol. The average molecular weight is 155 g/mol. The van der Waals surface area contributed by atoms with E-state index in [9.17, 15) is 0 Å². The first-order chi connectivity index (χ1) is 5.36. The summed E-state index contributed by atoms with van der Waals surface area (Å²) < 4.78 is 5.15. The smallest absolute Gasteiger partial charge is 0.0496 e. The summed E-state index contributed by atoms with van der Waals surface area (Å²) in [7, 11) is 1.81. The molecule has 1 aliphatic carbocycles. The first-order valence-corrected chi connectivity index (χ1v) is 4.58. The molecule has 0 radical (unpaired) electrons. The molecule has 2 heteroatoms. The number of nitrogens with zero attached hydrogens (tertiary/aromatic N) is 1. The van der Waals surface area contributed by atoms with Gasteiger partial charge in [0, 0.05) is 26.8 Å². The highest BCUT2D eigenvalue weighted by atomic mass is 16.5. The van der Waals surface area contributed by atoms with Crippen molar-refractivity contribution in [1.29, 1.82) is 0 Å². The number of hydrogen-bond donors (Lipinski definition) is 0. The van der Waals surface area contributed by atoms with Crippen LogP contribution in [0.15, 0.2) is 0 Å². The maximum absolute atomic E-state index is 5.15. The van der Waals surface area contributed by atoms with E-state index < -0.39 is 0 Å². The van der Waals surface area contributed by atoms with Crippen LogP contribution in [0.3, 0.4) is 0 Å². The lowest BCUT2D eigenvalue weighted by Crippen LogP contribution is -2.24. The maximum atomic E-state index is 5.15. The van der Waals surface area contributed by atoms with Gasteiger partial charge in [-0.3, -0.25) is 0 Å². The lowest BCUT2D eigenvalue weighted by atomic mass is 10.3. The number of hydrogen-bond acceptors (Lipinski definition) is 2. The number of piperidine rings is 1. The van der Waals surface area contributed by atoms with E-state index in [1.165, 1.54) is 19.6 Å². The maximum Gasteiger partial charge on any atom is 0.0496 e. The van der Waals surface area contributed by atoms with Gasteiger partial charge in [-0.1, -0.05) is 6.92 Å². The molecule has 0 aromatic heterocycles. The molecule has 1 saturated carbocycles. The summed E-state index contributed by atoms with van der Waals surface area (Å²) >= 11 is 0. The lowest BCUT2D eigenvalue weighted by Gasteiger charge is -2.16. The summed E-state index contributed by atoms with van der Waals surface area (Å²) in [6.07, 6.45) is 0. The van der Waals surface area contributed by atoms with Crippen molar-refractivity contribution in [1.82, 2.24) is 4.90 Å². The van der Waals surface area contributed by atoms with Gasteiger partial charge >= 0.3 is 0 Å². The molecule has 1 heterocycles. The molecular formula is C9H17NO. The van der Waals surface area contributed by atoms with E-state index in [2.05, 4.69) is 11.8 Å². The van der Waals surface area contributed by atoms with Crippen molar-refractivity contribution in [3.63, 3.8) is 0 Å². The summed E-state index contributed by atoms with van der Waals surface area (Å²) in [5.74, 6) is 2.87. The minimum Gasteiger partial charge on any atom is -0.384 e. The first kappa shape index (κ1) is 7.56. The molecule has 11 heavy (non-hydrogen) atoms. The molecule has 3 atom stereocenters. The van der Waals surface area contributed by atoms with Gasteiger partial charge < -0.3 is 9.64 Å². The van der Waals surface area contributed by atoms with Crippen LogP contribution in [0.2, 0.25) is 0 Å². The highest BCUT2D eigenvalue weighted by Gasteiger charge is 2.54. The Balaban J connectivity index is 1.77. The lowest BCUT2D eigenvalue weighted by molar-refractivity contribution is 0.162. The minimum atomic E-state index is 0.905. The molecule has 2 fully saturated rings. The largest absolute Gasteiger partial charge is 0.384 e. The van der Waals surface area contributed by atoms with E-state index in [-0.39, 0.29) is 0 Å². The number of fused-ring (bicyclic) bond motifs is 1. The number of methoxy groups -OCH3 is 1. The van der Waals surface area contributed by atoms with E-state index >= 15 is 0 Å². The third-order valence-electron chi connectivity index (χ3n) is 3.25. The molecule has 0 amide bonds. The Bertz CT molecular complexity index is 136. The fourth-order valence-corrected chi connectivity index (χ4v) is 2.43. The highest BCUT2D eigenvalue weighted by molar-refractivity contribution is 5.04. The molecule has 0 bridgehead atoms. The molecular weight excluding hydrogens is 138 g/mol. The second-order valence-corrected chi connectivity index (χ2v) is 3.80. The van der Waals surface area contributed by atoms with Crippen molar-refractivity contribution >= 4 is 0 Å². The molecule has 2 aliphatic rings. The zero-order chi connectivity index (χ0) is 7.84. The molecule has 1 unspecified atom stereocenters. The zero-order valence-electron chi connectivity index (χ0n) is 7.42. The highest BCUT2D eigenvalue weighted by Crippen LogP contribution is 2.51.